The number of hydrogen-bond acceptors (Lipinski definition) is 7. The van der Waals surface area contributed by atoms with Gasteiger partial charge in [-0.05, 0) is 42.2 Å². The van der Waals surface area contributed by atoms with Crippen LogP contribution in [0.3, 0.4) is 0 Å². The summed E-state index contributed by atoms with van der Waals surface area (Å²) in [4.78, 5) is 39.4. The largest absolute Gasteiger partial charge is 0.465 e. The molecular formula is C40H51NO7S. The highest BCUT2D eigenvalue weighted by atomic mass is 32.2. The van der Waals surface area contributed by atoms with Gasteiger partial charge in [0.1, 0.15) is 0 Å². The second-order valence-electron chi connectivity index (χ2n) is 12.7. The van der Waals surface area contributed by atoms with E-state index in [1.165, 1.54) is 69.9 Å². The maximum absolute atomic E-state index is 13.8. The molecule has 4 rings (SSSR count). The van der Waals surface area contributed by atoms with Crippen LogP contribution >= 0.6 is 0 Å². The highest BCUT2D eigenvalue weighted by molar-refractivity contribution is 7.89. The summed E-state index contributed by atoms with van der Waals surface area (Å²) in [6.45, 7) is 3.85. The fraction of sp³-hybridized carbons (Fsp3) is 0.475. The minimum Gasteiger partial charge on any atom is -0.465 e. The van der Waals surface area contributed by atoms with Crippen molar-refractivity contribution in [2.24, 2.45) is 0 Å². The van der Waals surface area contributed by atoms with Crippen molar-refractivity contribution in [3.05, 3.63) is 89.5 Å². The summed E-state index contributed by atoms with van der Waals surface area (Å²) in [5, 5.41) is 0. The molecule has 264 valence electrons. The van der Waals surface area contributed by atoms with Gasteiger partial charge in [0.2, 0.25) is 10.0 Å². The maximum atomic E-state index is 13.8. The lowest BCUT2D eigenvalue weighted by Gasteiger charge is -2.27. The van der Waals surface area contributed by atoms with Crippen LogP contribution in [0.25, 0.3) is 11.1 Å². The molecule has 0 fully saturated rings. The van der Waals surface area contributed by atoms with Gasteiger partial charge in [-0.15, -0.1) is 0 Å². The molecule has 1 aliphatic carbocycles. The summed E-state index contributed by atoms with van der Waals surface area (Å²) in [5.41, 5.74) is 2.60. The minimum atomic E-state index is -4.38. The molecule has 1 N–H and O–H groups in total. The standard InChI is InChI=1S/C40H51NO7S/c1-3-5-6-7-8-9-10-11-12-13-14-15-19-26-36(42)48-39(30-22-17-16-18-23-30)37(40(44)47-4-2)41-49(45,46)31-27-28-33-32-24-20-21-25-34(32)38(43)35(33)29-31/h16-18,20-25,27-29,37,39,41H,3-15,19,26H2,1-2H3/t37-,39+/m0/s1. The van der Waals surface area contributed by atoms with Gasteiger partial charge < -0.3 is 9.47 Å². The minimum absolute atomic E-state index is 0.00290. The second kappa shape index (κ2) is 19.4. The lowest BCUT2D eigenvalue weighted by molar-refractivity contribution is -0.158. The van der Waals surface area contributed by atoms with Gasteiger partial charge in [-0.1, -0.05) is 145 Å². The van der Waals surface area contributed by atoms with Crippen LogP contribution in [0.2, 0.25) is 0 Å². The fourth-order valence-electron chi connectivity index (χ4n) is 6.33. The molecule has 0 saturated heterocycles. The predicted octanol–water partition coefficient (Wildman–Crippen LogP) is 8.87. The smallest absolute Gasteiger partial charge is 0.328 e. The summed E-state index contributed by atoms with van der Waals surface area (Å²) in [5.74, 6) is -1.67. The summed E-state index contributed by atoms with van der Waals surface area (Å²) in [6.07, 6.45) is 14.2. The first-order chi connectivity index (χ1) is 23.8. The van der Waals surface area contributed by atoms with Gasteiger partial charge in [0.15, 0.2) is 17.9 Å². The van der Waals surface area contributed by atoms with Crippen LogP contribution in [0.5, 0.6) is 0 Å². The van der Waals surface area contributed by atoms with Crippen LogP contribution in [0.1, 0.15) is 131 Å². The molecule has 0 saturated carbocycles. The van der Waals surface area contributed by atoms with Crippen LogP contribution in [0.4, 0.5) is 0 Å². The van der Waals surface area contributed by atoms with Crippen molar-refractivity contribution in [1.29, 1.82) is 0 Å². The monoisotopic (exact) mass is 689 g/mol. The highest BCUT2D eigenvalue weighted by Crippen LogP contribution is 2.37. The Morgan fingerprint density at radius 1 is 0.673 bits per heavy atom. The number of hydrogen-bond donors (Lipinski definition) is 1. The number of nitrogens with one attached hydrogen (secondary N) is 1. The van der Waals surface area contributed by atoms with Crippen molar-refractivity contribution in [1.82, 2.24) is 4.72 Å². The Labute approximate surface area is 292 Å². The van der Waals surface area contributed by atoms with Crippen molar-refractivity contribution >= 4 is 27.7 Å². The number of sulfonamides is 1. The number of ether oxygens (including phenoxy) is 2. The van der Waals surface area contributed by atoms with E-state index in [4.69, 9.17) is 9.47 Å². The number of ketones is 1. The van der Waals surface area contributed by atoms with E-state index in [1.807, 2.05) is 12.1 Å². The molecule has 0 heterocycles. The van der Waals surface area contributed by atoms with E-state index in [-0.39, 0.29) is 29.3 Å². The molecule has 0 aliphatic heterocycles. The van der Waals surface area contributed by atoms with Gasteiger partial charge in [0, 0.05) is 17.5 Å². The number of carbonyl (C=O) groups excluding carboxylic acids is 3. The SMILES string of the molecule is CCCCCCCCCCCCCCCC(=O)O[C@H](c1ccccc1)[C@H](NS(=O)(=O)c1ccc2c(c1)C(=O)c1ccccc1-2)C(=O)OCC. The van der Waals surface area contributed by atoms with Crippen LogP contribution in [0.15, 0.2) is 77.7 Å². The Kier molecular flexibility index (Phi) is 15.0. The van der Waals surface area contributed by atoms with Crippen LogP contribution in [-0.4, -0.2) is 38.8 Å². The molecule has 3 aromatic rings. The lowest BCUT2D eigenvalue weighted by Crippen LogP contribution is -2.47. The first-order valence-corrected chi connectivity index (χ1v) is 19.5. The molecule has 0 aromatic heterocycles. The van der Waals surface area contributed by atoms with Crippen LogP contribution in [-0.2, 0) is 29.1 Å². The van der Waals surface area contributed by atoms with E-state index in [0.717, 1.165) is 24.8 Å². The first-order valence-electron chi connectivity index (χ1n) is 18.0. The molecule has 0 bridgehead atoms. The zero-order chi connectivity index (χ0) is 35.1. The van der Waals surface area contributed by atoms with Gasteiger partial charge in [-0.2, -0.15) is 4.72 Å². The predicted molar refractivity (Wildman–Crippen MR) is 192 cm³/mol. The average Bonchev–Trinajstić information content (AvgIpc) is 3.39. The van der Waals surface area contributed by atoms with E-state index < -0.39 is 34.1 Å². The third-order valence-corrected chi connectivity index (χ3v) is 10.4. The van der Waals surface area contributed by atoms with Crippen molar-refractivity contribution in [2.45, 2.75) is 121 Å². The average molecular weight is 690 g/mol. The topological polar surface area (TPSA) is 116 Å². The molecule has 8 nitrogen and oxygen atoms in total. The lowest BCUT2D eigenvalue weighted by atomic mass is 10.0. The molecule has 3 aromatic carbocycles. The van der Waals surface area contributed by atoms with Crippen molar-refractivity contribution in [3.63, 3.8) is 0 Å². The normalized spacial score (nSPS) is 13.4. The number of benzene rings is 3. The van der Waals surface area contributed by atoms with Gasteiger partial charge in [0.05, 0.1) is 11.5 Å². The van der Waals surface area contributed by atoms with Gasteiger partial charge in [0.25, 0.3) is 0 Å². The molecule has 49 heavy (non-hydrogen) atoms. The number of rotatable bonds is 22. The molecule has 0 spiro atoms. The number of unbranched alkanes of at least 4 members (excludes halogenated alkanes) is 12. The number of fused-ring (bicyclic) bond motifs is 3. The van der Waals surface area contributed by atoms with Gasteiger partial charge >= 0.3 is 11.9 Å². The Bertz CT molecular complexity index is 1640. The quantitative estimate of drug-likeness (QED) is 0.0647. The number of carbonyl (C=O) groups is 3. The maximum Gasteiger partial charge on any atom is 0.328 e. The van der Waals surface area contributed by atoms with E-state index >= 15 is 0 Å². The van der Waals surface area contributed by atoms with Crippen LogP contribution in [0, 0.1) is 0 Å². The number of esters is 2. The molecule has 0 amide bonds. The van der Waals surface area contributed by atoms with Crippen LogP contribution < -0.4 is 4.72 Å². The summed E-state index contributed by atoms with van der Waals surface area (Å²) >= 11 is 0. The first kappa shape index (κ1) is 38.0. The second-order valence-corrected chi connectivity index (χ2v) is 14.5. The molecular weight excluding hydrogens is 639 g/mol. The Morgan fingerprint density at radius 2 is 1.22 bits per heavy atom. The van der Waals surface area contributed by atoms with E-state index in [1.54, 1.807) is 55.5 Å². The molecule has 9 heteroatoms. The van der Waals surface area contributed by atoms with Crippen molar-refractivity contribution in [3.8, 4) is 11.1 Å². The highest BCUT2D eigenvalue weighted by Gasteiger charge is 2.38. The Balaban J connectivity index is 1.38. The summed E-state index contributed by atoms with van der Waals surface area (Å²) < 4.78 is 41.2. The van der Waals surface area contributed by atoms with E-state index in [2.05, 4.69) is 11.6 Å². The Morgan fingerprint density at radius 3 is 1.84 bits per heavy atom. The fourth-order valence-corrected chi connectivity index (χ4v) is 7.54. The summed E-state index contributed by atoms with van der Waals surface area (Å²) in [6, 6.07) is 18.4. The van der Waals surface area contributed by atoms with E-state index in [9.17, 15) is 22.8 Å². The van der Waals surface area contributed by atoms with Gasteiger partial charge in [-0.3, -0.25) is 14.4 Å². The van der Waals surface area contributed by atoms with Crippen molar-refractivity contribution < 1.29 is 32.3 Å². The third kappa shape index (κ3) is 10.8. The Hall–Kier alpha value is -3.82. The zero-order valence-corrected chi connectivity index (χ0v) is 29.8. The van der Waals surface area contributed by atoms with E-state index in [0.29, 0.717) is 23.1 Å². The molecule has 2 atom stereocenters. The van der Waals surface area contributed by atoms with Crippen molar-refractivity contribution in [2.75, 3.05) is 6.61 Å². The van der Waals surface area contributed by atoms with Gasteiger partial charge in [-0.25, -0.2) is 8.42 Å². The molecule has 0 unspecified atom stereocenters. The summed E-state index contributed by atoms with van der Waals surface area (Å²) in [7, 11) is -4.38. The molecule has 0 radical (unpaired) electrons. The third-order valence-electron chi connectivity index (χ3n) is 9.00. The molecule has 1 aliphatic rings. The zero-order valence-electron chi connectivity index (χ0n) is 29.0.